The van der Waals surface area contributed by atoms with E-state index in [4.69, 9.17) is 0 Å². The van der Waals surface area contributed by atoms with Crippen LogP contribution in [0.5, 0.6) is 0 Å². The first kappa shape index (κ1) is 17.2. The second kappa shape index (κ2) is 7.53. The Morgan fingerprint density at radius 3 is 2.62 bits per heavy atom. The summed E-state index contributed by atoms with van der Waals surface area (Å²) in [7, 11) is 0. The van der Waals surface area contributed by atoms with Crippen LogP contribution in [0.4, 0.5) is 4.79 Å². The van der Waals surface area contributed by atoms with E-state index in [9.17, 15) is 9.90 Å². The quantitative estimate of drug-likeness (QED) is 0.775. The second-order valence-electron chi connectivity index (χ2n) is 7.38. The minimum atomic E-state index is -0.658. The molecule has 0 radical (unpaired) electrons. The van der Waals surface area contributed by atoms with Crippen molar-refractivity contribution in [2.45, 2.75) is 57.2 Å². The van der Waals surface area contributed by atoms with Crippen molar-refractivity contribution in [1.82, 2.24) is 15.5 Å². The van der Waals surface area contributed by atoms with Crippen LogP contribution in [0.2, 0.25) is 0 Å². The third-order valence-electron chi connectivity index (χ3n) is 5.44. The van der Waals surface area contributed by atoms with Gasteiger partial charge in [0, 0.05) is 32.2 Å². The van der Waals surface area contributed by atoms with Gasteiger partial charge in [-0.2, -0.15) is 0 Å². The highest BCUT2D eigenvalue weighted by Crippen LogP contribution is 2.30. The van der Waals surface area contributed by atoms with Crippen LogP contribution in [0.25, 0.3) is 0 Å². The number of likely N-dealkylation sites (tertiary alicyclic amines) is 1. The minimum Gasteiger partial charge on any atom is -0.388 e. The van der Waals surface area contributed by atoms with Crippen LogP contribution in [0, 0.1) is 6.92 Å². The molecule has 0 bridgehead atoms. The van der Waals surface area contributed by atoms with Crippen molar-refractivity contribution in [1.29, 1.82) is 0 Å². The molecule has 1 saturated heterocycles. The number of nitrogens with zero attached hydrogens (tertiary/aromatic N) is 1. The van der Waals surface area contributed by atoms with Crippen molar-refractivity contribution in [3.8, 4) is 0 Å². The van der Waals surface area contributed by atoms with Crippen LogP contribution in [0.15, 0.2) is 24.3 Å². The zero-order chi connectivity index (χ0) is 17.0. The molecule has 132 valence electrons. The summed E-state index contributed by atoms with van der Waals surface area (Å²) in [5.41, 5.74) is 2.07. The van der Waals surface area contributed by atoms with Crippen molar-refractivity contribution in [3.63, 3.8) is 0 Å². The highest BCUT2D eigenvalue weighted by molar-refractivity contribution is 5.74. The lowest BCUT2D eigenvalue weighted by atomic mass is 9.80. The molecule has 2 fully saturated rings. The summed E-state index contributed by atoms with van der Waals surface area (Å²) in [5.74, 6) is 0. The molecule has 24 heavy (non-hydrogen) atoms. The molecule has 1 aromatic carbocycles. The summed E-state index contributed by atoms with van der Waals surface area (Å²) >= 11 is 0. The van der Waals surface area contributed by atoms with Gasteiger partial charge in [0.1, 0.15) is 0 Å². The summed E-state index contributed by atoms with van der Waals surface area (Å²) in [6.07, 6.45) is 4.60. The van der Waals surface area contributed by atoms with Gasteiger partial charge in [-0.05, 0) is 50.2 Å². The number of nitrogens with one attached hydrogen (secondary N) is 2. The van der Waals surface area contributed by atoms with E-state index in [1.54, 1.807) is 0 Å². The van der Waals surface area contributed by atoms with Crippen LogP contribution in [-0.4, -0.2) is 47.3 Å². The Morgan fingerprint density at radius 1 is 1.29 bits per heavy atom. The molecule has 0 aromatic heterocycles. The molecule has 2 amide bonds. The number of benzene rings is 1. The third-order valence-corrected chi connectivity index (χ3v) is 5.44. The Morgan fingerprint density at radius 2 is 2.00 bits per heavy atom. The van der Waals surface area contributed by atoms with Gasteiger partial charge in [0.2, 0.25) is 0 Å². The number of aliphatic hydroxyl groups is 1. The van der Waals surface area contributed by atoms with E-state index in [1.807, 2.05) is 0 Å². The highest BCUT2D eigenvalue weighted by atomic mass is 16.3. The van der Waals surface area contributed by atoms with Crippen LogP contribution < -0.4 is 10.6 Å². The average Bonchev–Trinajstić information content (AvgIpc) is 2.55. The molecule has 0 spiro atoms. The summed E-state index contributed by atoms with van der Waals surface area (Å²) in [4.78, 5) is 14.4. The molecule has 5 nitrogen and oxygen atoms in total. The molecule has 0 unspecified atom stereocenters. The van der Waals surface area contributed by atoms with E-state index in [-0.39, 0.29) is 12.1 Å². The van der Waals surface area contributed by atoms with E-state index in [2.05, 4.69) is 46.7 Å². The number of carbonyl (C=O) groups excluding carboxylic acids is 1. The predicted octanol–water partition coefficient (Wildman–Crippen LogP) is 2.17. The maximum atomic E-state index is 12.0. The summed E-state index contributed by atoms with van der Waals surface area (Å²) in [5, 5.41) is 15.9. The van der Waals surface area contributed by atoms with Crippen LogP contribution >= 0.6 is 0 Å². The smallest absolute Gasteiger partial charge is 0.315 e. The predicted molar refractivity (Wildman–Crippen MR) is 94.8 cm³/mol. The summed E-state index contributed by atoms with van der Waals surface area (Å²) < 4.78 is 0. The first-order chi connectivity index (χ1) is 11.5. The van der Waals surface area contributed by atoms with Gasteiger partial charge in [-0.1, -0.05) is 24.3 Å². The van der Waals surface area contributed by atoms with Gasteiger partial charge in [0.25, 0.3) is 0 Å². The fourth-order valence-corrected chi connectivity index (χ4v) is 3.51. The number of carbonyl (C=O) groups is 1. The Bertz CT molecular complexity index is 563. The molecule has 0 atom stereocenters. The Labute approximate surface area is 144 Å². The van der Waals surface area contributed by atoms with E-state index in [0.29, 0.717) is 6.54 Å². The largest absolute Gasteiger partial charge is 0.388 e. The molecule has 1 saturated carbocycles. The summed E-state index contributed by atoms with van der Waals surface area (Å²) in [6.45, 7) is 5.51. The number of urea groups is 1. The van der Waals surface area contributed by atoms with Gasteiger partial charge in [0.05, 0.1) is 5.60 Å². The average molecular weight is 331 g/mol. The molecule has 5 heteroatoms. The Hall–Kier alpha value is -1.59. The second-order valence-corrected chi connectivity index (χ2v) is 7.38. The lowest BCUT2D eigenvalue weighted by molar-refractivity contribution is -0.0291. The molecule has 3 N–H and O–H groups in total. The lowest BCUT2D eigenvalue weighted by Gasteiger charge is -2.37. The van der Waals surface area contributed by atoms with E-state index in [0.717, 1.165) is 51.7 Å². The molecule has 1 aromatic rings. The lowest BCUT2D eigenvalue weighted by Crippen LogP contribution is -2.53. The Balaban J connectivity index is 1.37. The van der Waals surface area contributed by atoms with Gasteiger partial charge in [-0.3, -0.25) is 4.90 Å². The van der Waals surface area contributed by atoms with Gasteiger partial charge in [0.15, 0.2) is 0 Å². The van der Waals surface area contributed by atoms with Crippen molar-refractivity contribution in [2.75, 3.05) is 19.6 Å². The van der Waals surface area contributed by atoms with Gasteiger partial charge < -0.3 is 15.7 Å². The fraction of sp³-hybridized carbons (Fsp3) is 0.632. The number of amides is 2. The van der Waals surface area contributed by atoms with Gasteiger partial charge in [-0.25, -0.2) is 4.79 Å². The van der Waals surface area contributed by atoms with Crippen LogP contribution in [0.1, 0.15) is 43.2 Å². The topological polar surface area (TPSA) is 64.6 Å². The molecular formula is C19H29N3O2. The monoisotopic (exact) mass is 331 g/mol. The SMILES string of the molecule is Cc1ccccc1CN1CCC(NC(=O)NCC2(O)CCC2)CC1. The fourth-order valence-electron chi connectivity index (χ4n) is 3.51. The van der Waals surface area contributed by atoms with Gasteiger partial charge in [-0.15, -0.1) is 0 Å². The first-order valence-electron chi connectivity index (χ1n) is 9.08. The number of hydrogen-bond donors (Lipinski definition) is 3. The molecule has 1 aliphatic heterocycles. The first-order valence-corrected chi connectivity index (χ1v) is 9.08. The number of aryl methyl sites for hydroxylation is 1. The third kappa shape index (κ3) is 4.48. The van der Waals surface area contributed by atoms with E-state index < -0.39 is 5.60 Å². The molecule has 1 aliphatic carbocycles. The zero-order valence-corrected chi connectivity index (χ0v) is 14.6. The maximum absolute atomic E-state index is 12.0. The standard InChI is InChI=1S/C19H29N3O2/c1-15-5-2-3-6-16(15)13-22-11-7-17(8-12-22)21-18(23)20-14-19(24)9-4-10-19/h2-3,5-6,17,24H,4,7-14H2,1H3,(H2,20,21,23). The molecule has 1 heterocycles. The molecule has 2 aliphatic rings. The van der Waals surface area contributed by atoms with Crippen LogP contribution in [0.3, 0.4) is 0 Å². The van der Waals surface area contributed by atoms with Crippen molar-refractivity contribution < 1.29 is 9.90 Å². The minimum absolute atomic E-state index is 0.146. The molecular weight excluding hydrogens is 302 g/mol. The molecule has 3 rings (SSSR count). The van der Waals surface area contributed by atoms with Crippen LogP contribution in [-0.2, 0) is 6.54 Å². The van der Waals surface area contributed by atoms with E-state index >= 15 is 0 Å². The number of hydrogen-bond acceptors (Lipinski definition) is 3. The number of piperidine rings is 1. The Kier molecular flexibility index (Phi) is 5.41. The number of rotatable bonds is 5. The van der Waals surface area contributed by atoms with Crippen molar-refractivity contribution >= 4 is 6.03 Å². The van der Waals surface area contributed by atoms with E-state index in [1.165, 1.54) is 11.1 Å². The maximum Gasteiger partial charge on any atom is 0.315 e. The van der Waals surface area contributed by atoms with Crippen molar-refractivity contribution in [2.24, 2.45) is 0 Å². The van der Waals surface area contributed by atoms with Gasteiger partial charge >= 0.3 is 6.03 Å². The highest BCUT2D eigenvalue weighted by Gasteiger charge is 2.34. The normalized spacial score (nSPS) is 21.1. The zero-order valence-electron chi connectivity index (χ0n) is 14.6. The summed E-state index contributed by atoms with van der Waals surface area (Å²) in [6, 6.07) is 8.61. The van der Waals surface area contributed by atoms with Crippen molar-refractivity contribution in [3.05, 3.63) is 35.4 Å².